The van der Waals surface area contributed by atoms with Gasteiger partial charge < -0.3 is 9.64 Å². The van der Waals surface area contributed by atoms with Gasteiger partial charge in [-0.3, -0.25) is 4.79 Å². The molecule has 0 spiro atoms. The Morgan fingerprint density at radius 3 is 3.00 bits per heavy atom. The highest BCUT2D eigenvalue weighted by Gasteiger charge is 2.49. The number of rotatable bonds is 3. The molecule has 6 nitrogen and oxygen atoms in total. The number of carbonyl (C=O) groups excluding carboxylic acids is 1. The van der Waals surface area contributed by atoms with Crippen molar-refractivity contribution in [1.29, 1.82) is 0 Å². The van der Waals surface area contributed by atoms with Crippen molar-refractivity contribution in [3.8, 4) is 5.69 Å². The van der Waals surface area contributed by atoms with E-state index in [1.165, 1.54) is 12.8 Å². The first kappa shape index (κ1) is 14.4. The molecule has 0 radical (unpaired) electrons. The summed E-state index contributed by atoms with van der Waals surface area (Å²) in [6.07, 6.45) is 5.76. The molecule has 4 rings (SSSR count). The third-order valence-corrected chi connectivity index (χ3v) is 4.95. The fourth-order valence-electron chi connectivity index (χ4n) is 3.43. The van der Waals surface area contributed by atoms with Gasteiger partial charge in [0.15, 0.2) is 0 Å². The Morgan fingerprint density at radius 2 is 2.26 bits per heavy atom. The van der Waals surface area contributed by atoms with Crippen molar-refractivity contribution in [2.75, 3.05) is 19.8 Å². The summed E-state index contributed by atoms with van der Waals surface area (Å²) in [4.78, 5) is 15.1. The van der Waals surface area contributed by atoms with Gasteiger partial charge in [-0.15, -0.1) is 5.10 Å². The van der Waals surface area contributed by atoms with Gasteiger partial charge in [0.25, 0.3) is 5.91 Å². The van der Waals surface area contributed by atoms with Gasteiger partial charge in [0, 0.05) is 12.1 Å². The maximum absolute atomic E-state index is 13.1. The van der Waals surface area contributed by atoms with Crippen LogP contribution in [0, 0.1) is 5.92 Å². The lowest BCUT2D eigenvalue weighted by Crippen LogP contribution is -2.58. The molecule has 1 amide bonds. The predicted molar refractivity (Wildman–Crippen MR) is 84.3 cm³/mol. The molecule has 1 unspecified atom stereocenters. The first-order chi connectivity index (χ1) is 11.2. The Labute approximate surface area is 135 Å². The molecular weight excluding hydrogens is 292 g/mol. The lowest BCUT2D eigenvalue weighted by Gasteiger charge is -2.45. The van der Waals surface area contributed by atoms with E-state index >= 15 is 0 Å². The third kappa shape index (κ3) is 2.53. The van der Waals surface area contributed by atoms with E-state index in [2.05, 4.69) is 17.2 Å². The molecule has 1 aliphatic carbocycles. The summed E-state index contributed by atoms with van der Waals surface area (Å²) in [7, 11) is 0. The molecule has 1 saturated carbocycles. The molecule has 23 heavy (non-hydrogen) atoms. The van der Waals surface area contributed by atoms with Crippen molar-refractivity contribution in [2.24, 2.45) is 5.92 Å². The lowest BCUT2D eigenvalue weighted by atomic mass is 9.92. The van der Waals surface area contributed by atoms with E-state index in [1.54, 1.807) is 17.1 Å². The van der Waals surface area contributed by atoms with E-state index in [0.29, 0.717) is 31.2 Å². The second-order valence-corrected chi connectivity index (χ2v) is 6.54. The number of ether oxygens (including phenoxy) is 1. The molecule has 0 N–H and O–H groups in total. The zero-order chi connectivity index (χ0) is 15.9. The average Bonchev–Trinajstić information content (AvgIpc) is 3.31. The second kappa shape index (κ2) is 5.45. The van der Waals surface area contributed by atoms with Crippen molar-refractivity contribution in [1.82, 2.24) is 19.9 Å². The van der Waals surface area contributed by atoms with E-state index in [9.17, 15) is 4.79 Å². The number of hydrogen-bond donors (Lipinski definition) is 0. The highest BCUT2D eigenvalue weighted by Crippen LogP contribution is 2.44. The first-order valence-electron chi connectivity index (χ1n) is 8.05. The van der Waals surface area contributed by atoms with Gasteiger partial charge in [0.1, 0.15) is 0 Å². The molecule has 1 saturated heterocycles. The van der Waals surface area contributed by atoms with Gasteiger partial charge >= 0.3 is 0 Å². The molecule has 2 fully saturated rings. The standard InChI is InChI=1S/C17H20N4O2/c1-17(14-5-6-14)12-23-10-9-20(17)16(22)13-3-2-4-15(11-13)21-8-7-18-19-21/h2-4,7-8,11,14H,5-6,9-10,12H2,1H3. The van der Waals surface area contributed by atoms with E-state index < -0.39 is 0 Å². The molecule has 2 aromatic rings. The largest absolute Gasteiger partial charge is 0.377 e. The van der Waals surface area contributed by atoms with Crippen LogP contribution in [-0.4, -0.2) is 51.1 Å². The maximum atomic E-state index is 13.1. The number of carbonyl (C=O) groups is 1. The monoisotopic (exact) mass is 312 g/mol. The molecule has 2 heterocycles. The van der Waals surface area contributed by atoms with Crippen LogP contribution in [0.4, 0.5) is 0 Å². The topological polar surface area (TPSA) is 60.2 Å². The van der Waals surface area contributed by atoms with Crippen LogP contribution in [0.3, 0.4) is 0 Å². The van der Waals surface area contributed by atoms with Crippen LogP contribution in [0.15, 0.2) is 36.7 Å². The minimum absolute atomic E-state index is 0.0738. The number of amides is 1. The quantitative estimate of drug-likeness (QED) is 0.868. The zero-order valence-electron chi connectivity index (χ0n) is 13.2. The van der Waals surface area contributed by atoms with Crippen LogP contribution in [0.25, 0.3) is 5.69 Å². The molecule has 0 bridgehead atoms. The number of nitrogens with zero attached hydrogens (tertiary/aromatic N) is 4. The molecule has 1 aliphatic heterocycles. The maximum Gasteiger partial charge on any atom is 0.254 e. The fourth-order valence-corrected chi connectivity index (χ4v) is 3.43. The average molecular weight is 312 g/mol. The summed E-state index contributed by atoms with van der Waals surface area (Å²) in [6.45, 7) is 4.05. The molecular formula is C17H20N4O2. The lowest BCUT2D eigenvalue weighted by molar-refractivity contribution is -0.0547. The summed E-state index contributed by atoms with van der Waals surface area (Å²) < 4.78 is 7.33. The molecule has 1 atom stereocenters. The summed E-state index contributed by atoms with van der Waals surface area (Å²) in [6, 6.07) is 7.55. The molecule has 2 aliphatic rings. The highest BCUT2D eigenvalue weighted by molar-refractivity contribution is 5.95. The Bertz CT molecular complexity index is 711. The number of benzene rings is 1. The first-order valence-corrected chi connectivity index (χ1v) is 8.05. The van der Waals surface area contributed by atoms with Crippen LogP contribution in [0.2, 0.25) is 0 Å². The van der Waals surface area contributed by atoms with Crippen LogP contribution in [-0.2, 0) is 4.74 Å². The van der Waals surface area contributed by atoms with Gasteiger partial charge in [0.05, 0.1) is 36.8 Å². The Morgan fingerprint density at radius 1 is 1.39 bits per heavy atom. The van der Waals surface area contributed by atoms with Crippen molar-refractivity contribution < 1.29 is 9.53 Å². The number of morpholine rings is 1. The van der Waals surface area contributed by atoms with Gasteiger partial charge in [-0.2, -0.15) is 0 Å². The van der Waals surface area contributed by atoms with Crippen LogP contribution in [0.1, 0.15) is 30.1 Å². The van der Waals surface area contributed by atoms with Crippen LogP contribution >= 0.6 is 0 Å². The van der Waals surface area contributed by atoms with E-state index in [-0.39, 0.29) is 11.4 Å². The normalized spacial score (nSPS) is 24.7. The Balaban J connectivity index is 1.64. The van der Waals surface area contributed by atoms with Crippen LogP contribution < -0.4 is 0 Å². The van der Waals surface area contributed by atoms with Gasteiger partial charge in [-0.25, -0.2) is 4.68 Å². The van der Waals surface area contributed by atoms with Gasteiger partial charge in [-0.1, -0.05) is 11.3 Å². The molecule has 1 aromatic heterocycles. The fraction of sp³-hybridized carbons (Fsp3) is 0.471. The van der Waals surface area contributed by atoms with Crippen molar-refractivity contribution in [3.05, 3.63) is 42.2 Å². The predicted octanol–water partition coefficient (Wildman–Crippen LogP) is 1.91. The minimum atomic E-state index is -0.182. The molecule has 120 valence electrons. The minimum Gasteiger partial charge on any atom is -0.377 e. The van der Waals surface area contributed by atoms with Crippen molar-refractivity contribution in [3.63, 3.8) is 0 Å². The van der Waals surface area contributed by atoms with E-state index in [1.807, 2.05) is 29.2 Å². The van der Waals surface area contributed by atoms with Gasteiger partial charge in [0.2, 0.25) is 0 Å². The Kier molecular flexibility index (Phi) is 3.41. The zero-order valence-corrected chi connectivity index (χ0v) is 13.2. The molecule has 6 heteroatoms. The van der Waals surface area contributed by atoms with E-state index in [4.69, 9.17) is 4.74 Å². The number of aromatic nitrogens is 3. The third-order valence-electron chi connectivity index (χ3n) is 4.95. The van der Waals surface area contributed by atoms with Crippen molar-refractivity contribution >= 4 is 5.91 Å². The van der Waals surface area contributed by atoms with Crippen LogP contribution in [0.5, 0.6) is 0 Å². The van der Waals surface area contributed by atoms with Crippen molar-refractivity contribution in [2.45, 2.75) is 25.3 Å². The summed E-state index contributed by atoms with van der Waals surface area (Å²) in [5.41, 5.74) is 1.35. The highest BCUT2D eigenvalue weighted by atomic mass is 16.5. The SMILES string of the molecule is CC1(C2CC2)COCCN1C(=O)c1cccc(-n2ccnn2)c1. The molecule has 1 aromatic carbocycles. The smallest absolute Gasteiger partial charge is 0.254 e. The summed E-state index contributed by atoms with van der Waals surface area (Å²) >= 11 is 0. The van der Waals surface area contributed by atoms with Gasteiger partial charge in [-0.05, 0) is 43.9 Å². The Hall–Kier alpha value is -2.21. The number of hydrogen-bond acceptors (Lipinski definition) is 4. The summed E-state index contributed by atoms with van der Waals surface area (Å²) in [5.74, 6) is 0.634. The second-order valence-electron chi connectivity index (χ2n) is 6.54. The van der Waals surface area contributed by atoms with E-state index in [0.717, 1.165) is 5.69 Å². The summed E-state index contributed by atoms with van der Waals surface area (Å²) in [5, 5.41) is 7.81.